The van der Waals surface area contributed by atoms with Gasteiger partial charge in [0.25, 0.3) is 0 Å². The smallest absolute Gasteiger partial charge is 0.223 e. The van der Waals surface area contributed by atoms with Gasteiger partial charge in [-0.25, -0.2) is 0 Å². The van der Waals surface area contributed by atoms with Gasteiger partial charge in [0, 0.05) is 60.7 Å². The minimum absolute atomic E-state index is 0. The number of nitriles is 3. The highest BCUT2D eigenvalue weighted by atomic mass is 35.5. The first-order valence-corrected chi connectivity index (χ1v) is 25.3. The summed E-state index contributed by atoms with van der Waals surface area (Å²) in [6, 6.07) is 49.4. The minimum Gasteiger partial charge on any atom is -0.503 e. The molecule has 0 bridgehead atoms. The van der Waals surface area contributed by atoms with Crippen LogP contribution < -0.4 is 21.0 Å². The number of aryl methyl sites for hydroxylation is 3. The first-order valence-electron chi connectivity index (χ1n) is 24.1. The molecule has 81 heavy (non-hydrogen) atoms. The van der Waals surface area contributed by atoms with E-state index in [9.17, 15) is 24.3 Å². The summed E-state index contributed by atoms with van der Waals surface area (Å²) in [6.45, 7) is 8.36. The third kappa shape index (κ3) is 15.5. The van der Waals surface area contributed by atoms with Gasteiger partial charge in [0.1, 0.15) is 0 Å². The Kier molecular flexibility index (Phi) is 23.1. The molecular formula is C66H61Cl3N6O6. The summed E-state index contributed by atoms with van der Waals surface area (Å²) < 4.78 is 10.7. The third-order valence-electron chi connectivity index (χ3n) is 12.6. The van der Waals surface area contributed by atoms with Crippen LogP contribution in [0.4, 0.5) is 0 Å². The van der Waals surface area contributed by atoms with E-state index in [0.29, 0.717) is 68.5 Å². The molecule has 0 saturated carbocycles. The maximum atomic E-state index is 12.4. The standard InChI is InChI=1S/C22H17ClN2O2.C21H17ClN2O2.C20H15ClN2O2.3CH4/c1-14-5-3-8-18(22(14)23)20-10-21(27)19(15(2)26)13-25(20)12-17-7-4-6-16(9-17)11-24;1-14-5-3-8-17(21(14)22)18-10-19(25)20(26-2)13-24(18)12-16-7-4-6-15(9-16)11-23;1-13-4-2-7-16(20(13)21)17-9-18(24)19(25)12-23(17)11-15-6-3-5-14(8-15)10-22;;;/h3-10,13H,12H2,1-2H3;3-10,13H,12H2,1-2H3;2-9,12,25H,11H2,1H3;3*1H4. The average Bonchev–Trinajstić information content (AvgIpc) is 3.46. The zero-order valence-corrected chi connectivity index (χ0v) is 45.3. The van der Waals surface area contributed by atoms with E-state index >= 15 is 0 Å². The van der Waals surface area contributed by atoms with E-state index in [2.05, 4.69) is 18.2 Å². The molecule has 0 fully saturated rings. The average molecular weight is 1140 g/mol. The van der Waals surface area contributed by atoms with Crippen LogP contribution in [-0.4, -0.2) is 31.7 Å². The van der Waals surface area contributed by atoms with Gasteiger partial charge in [-0.05, 0) is 97.5 Å². The molecule has 0 aliphatic rings. The molecule has 3 heterocycles. The number of hydrogen-bond donors (Lipinski definition) is 1. The van der Waals surface area contributed by atoms with Gasteiger partial charge in [0.15, 0.2) is 22.7 Å². The van der Waals surface area contributed by atoms with Crippen molar-refractivity contribution in [3.05, 3.63) is 266 Å². The summed E-state index contributed by atoms with van der Waals surface area (Å²) in [4.78, 5) is 48.6. The van der Waals surface area contributed by atoms with Crippen LogP contribution in [0.25, 0.3) is 33.8 Å². The molecule has 9 rings (SSSR count). The maximum absolute atomic E-state index is 12.4. The van der Waals surface area contributed by atoms with Crippen molar-refractivity contribution < 1.29 is 14.6 Å². The number of benzene rings is 6. The highest BCUT2D eigenvalue weighted by Crippen LogP contribution is 2.34. The number of hydrogen-bond acceptors (Lipinski definition) is 9. The summed E-state index contributed by atoms with van der Waals surface area (Å²) in [5.74, 6) is -0.362. The molecule has 3 aromatic heterocycles. The molecule has 0 spiro atoms. The molecule has 412 valence electrons. The number of nitrogens with zero attached hydrogens (tertiary/aromatic N) is 6. The zero-order chi connectivity index (χ0) is 56.2. The summed E-state index contributed by atoms with van der Waals surface area (Å²) in [7, 11) is 1.47. The monoisotopic (exact) mass is 1140 g/mol. The normalized spacial score (nSPS) is 10.0. The molecule has 0 amide bonds. The van der Waals surface area contributed by atoms with Crippen molar-refractivity contribution in [3.8, 4) is 63.5 Å². The molecule has 0 aliphatic carbocycles. The molecule has 0 saturated heterocycles. The summed E-state index contributed by atoms with van der Waals surface area (Å²) >= 11 is 19.4. The Hall–Kier alpha value is -9.22. The second kappa shape index (κ2) is 29.1. The number of ketones is 1. The van der Waals surface area contributed by atoms with E-state index < -0.39 is 5.43 Å². The van der Waals surface area contributed by atoms with Crippen LogP contribution in [0.1, 0.15) is 89.6 Å². The van der Waals surface area contributed by atoms with Gasteiger partial charge in [-0.2, -0.15) is 15.8 Å². The summed E-state index contributed by atoms with van der Waals surface area (Å²) in [6.07, 6.45) is 4.64. The predicted molar refractivity (Wildman–Crippen MR) is 327 cm³/mol. The fourth-order valence-electron chi connectivity index (χ4n) is 8.54. The lowest BCUT2D eigenvalue weighted by atomic mass is 10.0. The topological polar surface area (TPSA) is 184 Å². The zero-order valence-electron chi connectivity index (χ0n) is 43.0. The number of halogens is 3. The Morgan fingerprint density at radius 3 is 1.19 bits per heavy atom. The van der Waals surface area contributed by atoms with Gasteiger partial charge in [-0.3, -0.25) is 19.2 Å². The van der Waals surface area contributed by atoms with Crippen LogP contribution in [0, 0.1) is 54.8 Å². The molecular weight excluding hydrogens is 1080 g/mol. The minimum atomic E-state index is -0.463. The number of carbonyl (C=O) groups is 1. The van der Waals surface area contributed by atoms with Crippen molar-refractivity contribution in [1.82, 2.24) is 13.7 Å². The van der Waals surface area contributed by atoms with Crippen LogP contribution in [0.2, 0.25) is 15.1 Å². The Morgan fingerprint density at radius 1 is 0.494 bits per heavy atom. The maximum Gasteiger partial charge on any atom is 0.223 e. The SMILES string of the molecule is C.C.C.CC(=O)c1cn(Cc2cccc(C#N)c2)c(-c2cccc(C)c2Cl)cc1=O.COc1cn(Cc2cccc(C#N)c2)c(-c2cccc(C)c2Cl)cc1=O.Cc1cccc(-c2cc(=O)c(O)cn2Cc2cccc(C#N)c2)c1Cl. The van der Waals surface area contributed by atoms with Crippen molar-refractivity contribution >= 4 is 40.6 Å². The Balaban J connectivity index is 0.000000257. The number of carbonyl (C=O) groups excluding carboxylic acids is 1. The van der Waals surface area contributed by atoms with Crippen molar-refractivity contribution in [2.45, 2.75) is 69.6 Å². The van der Waals surface area contributed by atoms with E-state index in [1.807, 2.05) is 121 Å². The number of rotatable bonds is 11. The van der Waals surface area contributed by atoms with E-state index in [-0.39, 0.29) is 56.0 Å². The van der Waals surface area contributed by atoms with E-state index in [1.165, 1.54) is 38.4 Å². The van der Waals surface area contributed by atoms with Crippen LogP contribution in [0.3, 0.4) is 0 Å². The Morgan fingerprint density at radius 2 is 0.827 bits per heavy atom. The lowest BCUT2D eigenvalue weighted by Gasteiger charge is -2.17. The lowest BCUT2D eigenvalue weighted by molar-refractivity contribution is 0.101. The lowest BCUT2D eigenvalue weighted by Crippen LogP contribution is -2.18. The number of methoxy groups -OCH3 is 1. The number of pyridine rings is 3. The van der Waals surface area contributed by atoms with Gasteiger partial charge < -0.3 is 23.5 Å². The molecule has 15 heteroatoms. The van der Waals surface area contributed by atoms with Gasteiger partial charge in [-0.1, -0.05) is 148 Å². The first-order chi connectivity index (χ1) is 37.4. The molecule has 0 unspecified atom stereocenters. The molecule has 9 aromatic rings. The van der Waals surface area contributed by atoms with Crippen molar-refractivity contribution in [3.63, 3.8) is 0 Å². The first kappa shape index (κ1) is 64.3. The summed E-state index contributed by atoms with van der Waals surface area (Å²) in [5, 5.41) is 38.9. The van der Waals surface area contributed by atoms with Gasteiger partial charge in [-0.15, -0.1) is 0 Å². The largest absolute Gasteiger partial charge is 0.503 e. The molecule has 12 nitrogen and oxygen atoms in total. The van der Waals surface area contributed by atoms with Gasteiger partial charge >= 0.3 is 0 Å². The van der Waals surface area contributed by atoms with Crippen molar-refractivity contribution in [2.75, 3.05) is 7.11 Å². The molecule has 6 aromatic carbocycles. The second-order valence-electron chi connectivity index (χ2n) is 18.1. The van der Waals surface area contributed by atoms with Gasteiger partial charge in [0.05, 0.1) is 92.1 Å². The highest BCUT2D eigenvalue weighted by molar-refractivity contribution is 6.34. The van der Waals surface area contributed by atoms with Crippen LogP contribution >= 0.6 is 34.8 Å². The molecule has 0 atom stereocenters. The van der Waals surface area contributed by atoms with Crippen LogP contribution in [0.5, 0.6) is 11.5 Å². The second-order valence-corrected chi connectivity index (χ2v) is 19.3. The number of Topliss-reactive ketones (excluding diaryl/α,β-unsaturated/α-hetero) is 1. The van der Waals surface area contributed by atoms with Crippen molar-refractivity contribution in [2.24, 2.45) is 0 Å². The molecule has 0 radical (unpaired) electrons. The fraction of sp³-hybridized carbons (Fsp3) is 0.167. The number of aromatic nitrogens is 3. The van der Waals surface area contributed by atoms with E-state index in [1.54, 1.807) is 53.4 Å². The van der Waals surface area contributed by atoms with Crippen molar-refractivity contribution in [1.29, 1.82) is 15.8 Å². The molecule has 1 N–H and O–H groups in total. The highest BCUT2D eigenvalue weighted by Gasteiger charge is 2.18. The Bertz CT molecular complexity index is 4090. The van der Waals surface area contributed by atoms with Crippen LogP contribution in [-0.2, 0) is 19.6 Å². The number of ether oxygens (including phenoxy) is 1. The number of aromatic hydroxyl groups is 1. The van der Waals surface area contributed by atoms with Gasteiger partial charge in [0.2, 0.25) is 10.9 Å². The molecule has 0 aliphatic heterocycles. The predicted octanol–water partition coefficient (Wildman–Crippen LogP) is 15.0. The third-order valence-corrected chi connectivity index (χ3v) is 14.1. The fourth-order valence-corrected chi connectivity index (χ4v) is 9.21. The van der Waals surface area contributed by atoms with E-state index in [0.717, 1.165) is 50.1 Å². The Labute approximate surface area is 487 Å². The van der Waals surface area contributed by atoms with Crippen LogP contribution in [0.15, 0.2) is 179 Å². The quantitative estimate of drug-likeness (QED) is 0.123. The van der Waals surface area contributed by atoms with E-state index in [4.69, 9.17) is 55.3 Å². The summed E-state index contributed by atoms with van der Waals surface area (Å²) in [5.41, 5.74) is 10.4.